The molecule has 0 saturated carbocycles. The van der Waals surface area contributed by atoms with E-state index in [2.05, 4.69) is 24.1 Å². The molecule has 0 amide bonds. The van der Waals surface area contributed by atoms with Crippen LogP contribution in [0.1, 0.15) is 26.7 Å². The van der Waals surface area contributed by atoms with E-state index in [1.807, 2.05) is 7.05 Å². The third-order valence-electron chi connectivity index (χ3n) is 3.51. The summed E-state index contributed by atoms with van der Waals surface area (Å²) in [5, 5.41) is 3.27. The van der Waals surface area contributed by atoms with Crippen LogP contribution in [-0.2, 0) is 4.74 Å². The quantitative estimate of drug-likeness (QED) is 0.727. The smallest absolute Gasteiger partial charge is 0.0707 e. The second-order valence-corrected chi connectivity index (χ2v) is 5.21. The van der Waals surface area contributed by atoms with Crippen LogP contribution in [0.3, 0.4) is 0 Å². The molecule has 2 rings (SSSR count). The van der Waals surface area contributed by atoms with E-state index in [1.165, 1.54) is 12.8 Å². The van der Waals surface area contributed by atoms with Crippen LogP contribution in [0.4, 0.5) is 0 Å². The molecule has 0 aromatic carbocycles. The fourth-order valence-electron chi connectivity index (χ4n) is 2.65. The van der Waals surface area contributed by atoms with Crippen molar-refractivity contribution >= 4 is 0 Å². The molecule has 2 heterocycles. The summed E-state index contributed by atoms with van der Waals surface area (Å²) in [4.78, 5) is 2.58. The summed E-state index contributed by atoms with van der Waals surface area (Å²) in [6.07, 6.45) is 3.53. The molecule has 0 aromatic rings. The Hall–Kier alpha value is -0.120. The number of hydrogen-bond donors (Lipinski definition) is 1. The standard InChI is InChI=1S/C11H22N2O/c1-11(2,8-12-3)13-6-9-4-5-10(7-13)14-9/h9-10,12H,4-8H2,1-3H3. The Kier molecular flexibility index (Phi) is 2.82. The van der Waals surface area contributed by atoms with Gasteiger partial charge in [-0.2, -0.15) is 0 Å². The number of nitrogens with one attached hydrogen (secondary N) is 1. The van der Waals surface area contributed by atoms with Crippen molar-refractivity contribution in [3.63, 3.8) is 0 Å². The maximum Gasteiger partial charge on any atom is 0.0707 e. The van der Waals surface area contributed by atoms with E-state index in [4.69, 9.17) is 4.74 Å². The predicted octanol–water partition coefficient (Wildman–Crippen LogP) is 0.848. The SMILES string of the molecule is CNCC(C)(C)N1CC2CCC(C1)O2. The number of rotatable bonds is 3. The van der Waals surface area contributed by atoms with Crippen LogP contribution in [0.5, 0.6) is 0 Å². The third-order valence-corrected chi connectivity index (χ3v) is 3.51. The zero-order valence-electron chi connectivity index (χ0n) is 9.55. The molecule has 82 valence electrons. The van der Waals surface area contributed by atoms with Crippen molar-refractivity contribution in [3.8, 4) is 0 Å². The van der Waals surface area contributed by atoms with Gasteiger partial charge < -0.3 is 10.1 Å². The first-order valence-electron chi connectivity index (χ1n) is 5.67. The Labute approximate surface area is 86.8 Å². The molecule has 0 aromatic heterocycles. The molecule has 2 fully saturated rings. The minimum atomic E-state index is 0.263. The molecule has 0 aliphatic carbocycles. The van der Waals surface area contributed by atoms with Crippen LogP contribution in [-0.4, -0.2) is 49.3 Å². The lowest BCUT2D eigenvalue weighted by Gasteiger charge is -2.43. The van der Waals surface area contributed by atoms with E-state index in [0.29, 0.717) is 12.2 Å². The molecule has 14 heavy (non-hydrogen) atoms. The van der Waals surface area contributed by atoms with Crippen molar-refractivity contribution in [2.75, 3.05) is 26.7 Å². The highest BCUT2D eigenvalue weighted by atomic mass is 16.5. The Balaban J connectivity index is 1.98. The molecule has 2 bridgehead atoms. The maximum absolute atomic E-state index is 5.84. The number of likely N-dealkylation sites (tertiary alicyclic amines) is 1. The molecular formula is C11H22N2O. The summed E-state index contributed by atoms with van der Waals surface area (Å²) < 4.78 is 5.84. The van der Waals surface area contributed by atoms with Gasteiger partial charge in [0.25, 0.3) is 0 Å². The molecular weight excluding hydrogens is 176 g/mol. The van der Waals surface area contributed by atoms with Gasteiger partial charge in [0.2, 0.25) is 0 Å². The largest absolute Gasteiger partial charge is 0.372 e. The summed E-state index contributed by atoms with van der Waals surface area (Å²) in [7, 11) is 2.02. The van der Waals surface area contributed by atoms with E-state index >= 15 is 0 Å². The first kappa shape index (κ1) is 10.4. The number of fused-ring (bicyclic) bond motifs is 2. The highest BCUT2D eigenvalue weighted by molar-refractivity contribution is 4.93. The molecule has 0 radical (unpaired) electrons. The highest BCUT2D eigenvalue weighted by Gasteiger charge is 2.39. The average Bonchev–Trinajstić information content (AvgIpc) is 2.45. The van der Waals surface area contributed by atoms with Crippen LogP contribution in [0.2, 0.25) is 0 Å². The minimum absolute atomic E-state index is 0.263. The zero-order chi connectivity index (χ0) is 10.2. The Morgan fingerprint density at radius 1 is 1.29 bits per heavy atom. The fourth-order valence-corrected chi connectivity index (χ4v) is 2.65. The van der Waals surface area contributed by atoms with Gasteiger partial charge in [-0.05, 0) is 33.7 Å². The van der Waals surface area contributed by atoms with Crippen molar-refractivity contribution < 1.29 is 4.74 Å². The summed E-state index contributed by atoms with van der Waals surface area (Å²) >= 11 is 0. The molecule has 2 atom stereocenters. The molecule has 2 unspecified atom stereocenters. The topological polar surface area (TPSA) is 24.5 Å². The fraction of sp³-hybridized carbons (Fsp3) is 1.00. The normalized spacial score (nSPS) is 33.6. The van der Waals surface area contributed by atoms with E-state index < -0.39 is 0 Å². The lowest BCUT2D eigenvalue weighted by atomic mass is 10.0. The first-order chi connectivity index (χ1) is 6.62. The lowest BCUT2D eigenvalue weighted by Crippen LogP contribution is -2.56. The van der Waals surface area contributed by atoms with Gasteiger partial charge in [-0.1, -0.05) is 0 Å². The second-order valence-electron chi connectivity index (χ2n) is 5.21. The second kappa shape index (κ2) is 3.80. The van der Waals surface area contributed by atoms with Gasteiger partial charge in [0.05, 0.1) is 12.2 Å². The van der Waals surface area contributed by atoms with Crippen LogP contribution in [0.25, 0.3) is 0 Å². The van der Waals surface area contributed by atoms with Crippen molar-refractivity contribution in [3.05, 3.63) is 0 Å². The predicted molar refractivity (Wildman–Crippen MR) is 57.5 cm³/mol. The molecule has 3 heteroatoms. The summed E-state index contributed by atoms with van der Waals surface area (Å²) in [6.45, 7) is 7.91. The van der Waals surface area contributed by atoms with Crippen LogP contribution < -0.4 is 5.32 Å². The molecule has 1 N–H and O–H groups in total. The number of morpholine rings is 1. The van der Waals surface area contributed by atoms with E-state index in [1.54, 1.807) is 0 Å². The van der Waals surface area contributed by atoms with E-state index in [0.717, 1.165) is 19.6 Å². The van der Waals surface area contributed by atoms with Gasteiger partial charge in [-0.3, -0.25) is 4.90 Å². The van der Waals surface area contributed by atoms with Gasteiger partial charge in [0.15, 0.2) is 0 Å². The van der Waals surface area contributed by atoms with Crippen LogP contribution in [0, 0.1) is 0 Å². The molecule has 2 aliphatic rings. The number of hydrogen-bond acceptors (Lipinski definition) is 3. The Bertz CT molecular complexity index is 193. The van der Waals surface area contributed by atoms with Crippen LogP contribution >= 0.6 is 0 Å². The zero-order valence-corrected chi connectivity index (χ0v) is 9.55. The van der Waals surface area contributed by atoms with Gasteiger partial charge >= 0.3 is 0 Å². The third kappa shape index (κ3) is 1.95. The van der Waals surface area contributed by atoms with E-state index in [-0.39, 0.29) is 5.54 Å². The molecule has 3 nitrogen and oxygen atoms in total. The summed E-state index contributed by atoms with van der Waals surface area (Å²) in [5.74, 6) is 0. The van der Waals surface area contributed by atoms with E-state index in [9.17, 15) is 0 Å². The van der Waals surface area contributed by atoms with Gasteiger partial charge in [-0.25, -0.2) is 0 Å². The average molecular weight is 198 g/mol. The van der Waals surface area contributed by atoms with Gasteiger partial charge in [0, 0.05) is 25.2 Å². The number of likely N-dealkylation sites (N-methyl/N-ethyl adjacent to an activating group) is 1. The summed E-state index contributed by atoms with van der Waals surface area (Å²) in [5.41, 5.74) is 0.263. The van der Waals surface area contributed by atoms with Gasteiger partial charge in [-0.15, -0.1) is 0 Å². The Morgan fingerprint density at radius 2 is 1.86 bits per heavy atom. The van der Waals surface area contributed by atoms with Crippen LogP contribution in [0.15, 0.2) is 0 Å². The highest BCUT2D eigenvalue weighted by Crippen LogP contribution is 2.30. The minimum Gasteiger partial charge on any atom is -0.372 e. The molecule has 2 aliphatic heterocycles. The van der Waals surface area contributed by atoms with Crippen molar-refractivity contribution in [1.82, 2.24) is 10.2 Å². The maximum atomic E-state index is 5.84. The Morgan fingerprint density at radius 3 is 2.36 bits per heavy atom. The van der Waals surface area contributed by atoms with Crippen molar-refractivity contribution in [2.45, 2.75) is 44.4 Å². The molecule has 2 saturated heterocycles. The lowest BCUT2D eigenvalue weighted by molar-refractivity contribution is -0.0699. The van der Waals surface area contributed by atoms with Gasteiger partial charge in [0.1, 0.15) is 0 Å². The van der Waals surface area contributed by atoms with Crippen molar-refractivity contribution in [2.24, 2.45) is 0 Å². The van der Waals surface area contributed by atoms with Crippen molar-refractivity contribution in [1.29, 1.82) is 0 Å². The summed E-state index contributed by atoms with van der Waals surface area (Å²) in [6, 6.07) is 0. The number of nitrogens with zero attached hydrogens (tertiary/aromatic N) is 1. The number of ether oxygens (including phenoxy) is 1. The first-order valence-corrected chi connectivity index (χ1v) is 5.67. The monoisotopic (exact) mass is 198 g/mol. The molecule has 0 spiro atoms.